The molecule has 1 aromatic rings. The molecule has 2 aliphatic carbocycles. The number of nitrogens with zero attached hydrogens (tertiary/aromatic N) is 2. The topological polar surface area (TPSA) is 54.5 Å². The maximum atomic E-state index is 12.6. The highest BCUT2D eigenvalue weighted by Gasteiger charge is 2.67. The van der Waals surface area contributed by atoms with Crippen molar-refractivity contribution in [1.82, 2.24) is 15.2 Å². The smallest absolute Gasteiger partial charge is 0.317 e. The lowest BCUT2D eigenvalue weighted by Crippen LogP contribution is -2.72. The summed E-state index contributed by atoms with van der Waals surface area (Å²) in [5.41, 5.74) is 0.244. The number of amides is 2. The quantitative estimate of drug-likeness (QED) is 0.920. The first-order valence-corrected chi connectivity index (χ1v) is 9.52. The van der Waals surface area contributed by atoms with Gasteiger partial charge in [0.1, 0.15) is 5.01 Å². The highest BCUT2D eigenvalue weighted by Crippen LogP contribution is 2.62. The Balaban J connectivity index is 1.37. The summed E-state index contributed by atoms with van der Waals surface area (Å²) in [7, 11) is 1.86. The second kappa shape index (κ2) is 5.74. The molecule has 2 saturated carbocycles. The maximum absolute atomic E-state index is 12.6. The van der Waals surface area contributed by atoms with E-state index in [0.29, 0.717) is 24.6 Å². The number of nitrogens with one attached hydrogen (secondary N) is 1. The average molecular weight is 335 g/mol. The average Bonchev–Trinajstić information content (AvgIpc) is 3.10. The summed E-state index contributed by atoms with van der Waals surface area (Å²) < 4.78 is 5.92. The van der Waals surface area contributed by atoms with Gasteiger partial charge in [0.25, 0.3) is 0 Å². The Hall–Kier alpha value is -1.14. The van der Waals surface area contributed by atoms with Crippen LogP contribution in [0.2, 0.25) is 0 Å². The monoisotopic (exact) mass is 335 g/mol. The molecule has 6 heteroatoms. The Labute approximate surface area is 141 Å². The number of carbonyl (C=O) groups excluding carboxylic acids is 1. The molecule has 3 aliphatic rings. The summed E-state index contributed by atoms with van der Waals surface area (Å²) in [5.74, 6) is 0.527. The molecule has 1 saturated heterocycles. The van der Waals surface area contributed by atoms with E-state index in [4.69, 9.17) is 4.74 Å². The second-order valence-corrected chi connectivity index (χ2v) is 8.39. The van der Waals surface area contributed by atoms with Crippen LogP contribution in [-0.4, -0.2) is 41.7 Å². The third-order valence-corrected chi connectivity index (χ3v) is 7.11. The molecule has 0 bridgehead atoms. The van der Waals surface area contributed by atoms with Crippen LogP contribution in [0.15, 0.2) is 6.20 Å². The van der Waals surface area contributed by atoms with Crippen molar-refractivity contribution < 1.29 is 9.53 Å². The molecule has 5 nitrogen and oxygen atoms in total. The molecule has 2 amide bonds. The molecule has 1 N–H and O–H groups in total. The number of aryl methyl sites for hydroxylation is 1. The number of hydrogen-bond donors (Lipinski definition) is 1. The van der Waals surface area contributed by atoms with Crippen LogP contribution in [0, 0.1) is 11.3 Å². The first kappa shape index (κ1) is 15.4. The third-order valence-electron chi connectivity index (χ3n) is 5.98. The Morgan fingerprint density at radius 1 is 1.57 bits per heavy atom. The summed E-state index contributed by atoms with van der Waals surface area (Å²) in [6, 6.07) is 0.334. The minimum Gasteiger partial charge on any atom is -0.377 e. The van der Waals surface area contributed by atoms with E-state index in [1.807, 2.05) is 13.2 Å². The number of rotatable bonds is 4. The van der Waals surface area contributed by atoms with Crippen LogP contribution >= 0.6 is 11.3 Å². The predicted molar refractivity (Wildman–Crippen MR) is 89.4 cm³/mol. The summed E-state index contributed by atoms with van der Waals surface area (Å²) in [6.45, 7) is 3.57. The zero-order valence-electron chi connectivity index (χ0n) is 13.9. The van der Waals surface area contributed by atoms with Crippen molar-refractivity contribution in [2.75, 3.05) is 13.7 Å². The molecule has 1 spiro atoms. The van der Waals surface area contributed by atoms with E-state index in [2.05, 4.69) is 17.2 Å². The Morgan fingerprint density at radius 3 is 3.04 bits per heavy atom. The van der Waals surface area contributed by atoms with Crippen LogP contribution in [0.25, 0.3) is 0 Å². The Kier molecular flexibility index (Phi) is 3.84. The number of fused-ring (bicyclic) bond motifs is 2. The van der Waals surface area contributed by atoms with E-state index in [1.165, 1.54) is 24.1 Å². The van der Waals surface area contributed by atoms with Gasteiger partial charge in [-0.15, -0.1) is 11.3 Å². The first-order valence-electron chi connectivity index (χ1n) is 8.71. The van der Waals surface area contributed by atoms with Crippen LogP contribution in [0.1, 0.15) is 42.5 Å². The van der Waals surface area contributed by atoms with Gasteiger partial charge in [-0.2, -0.15) is 0 Å². The van der Waals surface area contributed by atoms with Gasteiger partial charge in [-0.1, -0.05) is 13.3 Å². The second-order valence-electron chi connectivity index (χ2n) is 7.19. The normalized spacial score (nSPS) is 30.4. The van der Waals surface area contributed by atoms with Gasteiger partial charge < -0.3 is 15.0 Å². The van der Waals surface area contributed by atoms with Crippen LogP contribution in [-0.2, 0) is 17.7 Å². The van der Waals surface area contributed by atoms with Crippen molar-refractivity contribution in [1.29, 1.82) is 0 Å². The number of hydrogen-bond acceptors (Lipinski definition) is 4. The van der Waals surface area contributed by atoms with E-state index >= 15 is 0 Å². The molecule has 1 aromatic heterocycles. The molecule has 0 unspecified atom stereocenters. The molecule has 2 heterocycles. The van der Waals surface area contributed by atoms with E-state index in [1.54, 1.807) is 16.2 Å². The minimum absolute atomic E-state index is 0.0277. The first-order chi connectivity index (χ1) is 11.1. The lowest BCUT2D eigenvalue weighted by molar-refractivity contribution is -0.172. The number of aromatic nitrogens is 1. The van der Waals surface area contributed by atoms with Gasteiger partial charge in [0.2, 0.25) is 0 Å². The lowest BCUT2D eigenvalue weighted by Gasteiger charge is -2.63. The number of urea groups is 1. The van der Waals surface area contributed by atoms with E-state index in [-0.39, 0.29) is 11.4 Å². The zero-order valence-corrected chi connectivity index (χ0v) is 14.7. The summed E-state index contributed by atoms with van der Waals surface area (Å²) in [5, 5.41) is 4.31. The fourth-order valence-electron chi connectivity index (χ4n) is 4.56. The van der Waals surface area contributed by atoms with Gasteiger partial charge in [-0.3, -0.25) is 0 Å². The van der Waals surface area contributed by atoms with Gasteiger partial charge >= 0.3 is 6.03 Å². The summed E-state index contributed by atoms with van der Waals surface area (Å²) in [6.07, 6.45) is 8.09. The minimum atomic E-state index is 0.0277. The van der Waals surface area contributed by atoms with Crippen LogP contribution in [0.4, 0.5) is 4.79 Å². The largest absolute Gasteiger partial charge is 0.377 e. The Bertz CT molecular complexity index is 598. The molecule has 4 rings (SSSR count). The standard InChI is InChI=1S/C17H25N3O2S/c1-3-11-9-18-13(23-11)10-20(2)16(21)19-14-12-5-8-22-15(12)17(14)6-4-7-17/h9,12,14-15H,3-8,10H2,1-2H3,(H,19,21)/t12-,14-,15-/m1/s1. The number of thiazole rings is 1. The number of carbonyl (C=O) groups is 1. The van der Waals surface area contributed by atoms with Gasteiger partial charge in [-0.05, 0) is 25.7 Å². The fourth-order valence-corrected chi connectivity index (χ4v) is 5.47. The molecule has 23 heavy (non-hydrogen) atoms. The summed E-state index contributed by atoms with van der Waals surface area (Å²) in [4.78, 5) is 20.0. The molecular weight excluding hydrogens is 310 g/mol. The summed E-state index contributed by atoms with van der Waals surface area (Å²) >= 11 is 1.70. The van der Waals surface area contributed by atoms with Gasteiger partial charge in [-0.25, -0.2) is 9.78 Å². The molecular formula is C17H25N3O2S. The Morgan fingerprint density at radius 2 is 2.39 bits per heavy atom. The third kappa shape index (κ3) is 2.38. The molecule has 3 fully saturated rings. The molecule has 126 valence electrons. The van der Waals surface area contributed by atoms with Crippen molar-refractivity contribution in [3.63, 3.8) is 0 Å². The van der Waals surface area contributed by atoms with Crippen molar-refractivity contribution in [3.05, 3.63) is 16.1 Å². The van der Waals surface area contributed by atoms with E-state index in [0.717, 1.165) is 24.5 Å². The lowest BCUT2D eigenvalue weighted by atomic mass is 9.46. The van der Waals surface area contributed by atoms with Crippen LogP contribution < -0.4 is 5.32 Å². The highest BCUT2D eigenvalue weighted by molar-refractivity contribution is 7.11. The zero-order chi connectivity index (χ0) is 16.0. The van der Waals surface area contributed by atoms with Crippen LogP contribution in [0.5, 0.6) is 0 Å². The predicted octanol–water partition coefficient (Wildman–Crippen LogP) is 2.80. The van der Waals surface area contributed by atoms with Crippen molar-refractivity contribution in [3.8, 4) is 0 Å². The van der Waals surface area contributed by atoms with Gasteiger partial charge in [0.05, 0.1) is 12.6 Å². The molecule has 0 aromatic carbocycles. The van der Waals surface area contributed by atoms with Crippen molar-refractivity contribution in [2.45, 2.75) is 57.7 Å². The molecule has 3 atom stereocenters. The van der Waals surface area contributed by atoms with Gasteiger partial charge in [0, 0.05) is 42.1 Å². The number of ether oxygens (including phenoxy) is 1. The SMILES string of the molecule is CCc1cnc(CN(C)C(=O)N[C@@H]2[C@H]3CCO[C@H]3C23CCC3)s1. The van der Waals surface area contributed by atoms with Crippen LogP contribution in [0.3, 0.4) is 0 Å². The maximum Gasteiger partial charge on any atom is 0.317 e. The van der Waals surface area contributed by atoms with E-state index in [9.17, 15) is 4.79 Å². The van der Waals surface area contributed by atoms with Crippen molar-refractivity contribution in [2.24, 2.45) is 11.3 Å². The fraction of sp³-hybridized carbons (Fsp3) is 0.765. The molecule has 1 aliphatic heterocycles. The van der Waals surface area contributed by atoms with Gasteiger partial charge in [0.15, 0.2) is 0 Å². The highest BCUT2D eigenvalue weighted by atomic mass is 32.1. The molecule has 0 radical (unpaired) electrons. The van der Waals surface area contributed by atoms with E-state index < -0.39 is 0 Å². The van der Waals surface area contributed by atoms with Crippen molar-refractivity contribution >= 4 is 17.4 Å².